The van der Waals surface area contributed by atoms with Crippen molar-refractivity contribution >= 4 is 29.0 Å². The number of thiophene rings is 1. The molecule has 0 bridgehead atoms. The number of furan rings is 1. The quantitative estimate of drug-likeness (QED) is 0.862. The normalized spacial score (nSPS) is 15.4. The van der Waals surface area contributed by atoms with Gasteiger partial charge in [-0.15, -0.1) is 23.1 Å². The summed E-state index contributed by atoms with van der Waals surface area (Å²) < 4.78 is 5.75. The van der Waals surface area contributed by atoms with Gasteiger partial charge < -0.3 is 9.73 Å². The molecule has 2 aromatic rings. The molecule has 0 spiro atoms. The summed E-state index contributed by atoms with van der Waals surface area (Å²) in [6.45, 7) is 0.468. The summed E-state index contributed by atoms with van der Waals surface area (Å²) in [7, 11) is 0. The van der Waals surface area contributed by atoms with E-state index in [0.717, 1.165) is 16.4 Å². The van der Waals surface area contributed by atoms with Gasteiger partial charge >= 0.3 is 0 Å². The molecule has 2 aromatic heterocycles. The topological polar surface area (TPSA) is 42.2 Å². The van der Waals surface area contributed by atoms with Gasteiger partial charge in [0, 0.05) is 5.25 Å². The van der Waals surface area contributed by atoms with Gasteiger partial charge in [0.2, 0.25) is 5.91 Å². The van der Waals surface area contributed by atoms with E-state index >= 15 is 0 Å². The fourth-order valence-electron chi connectivity index (χ4n) is 2.51. The lowest BCUT2D eigenvalue weighted by atomic mass is 10.3. The predicted molar refractivity (Wildman–Crippen MR) is 88.6 cm³/mol. The third kappa shape index (κ3) is 4.14. The minimum Gasteiger partial charge on any atom is -0.458 e. The molecule has 1 aliphatic carbocycles. The number of hydrogen-bond acceptors (Lipinski definition) is 4. The largest absolute Gasteiger partial charge is 0.458 e. The fraction of sp³-hybridized carbons (Fsp3) is 0.438. The third-order valence-electron chi connectivity index (χ3n) is 3.64. The first-order valence-corrected chi connectivity index (χ1v) is 9.25. The van der Waals surface area contributed by atoms with Gasteiger partial charge in [0.25, 0.3) is 0 Å². The molecule has 0 unspecified atom stereocenters. The highest BCUT2D eigenvalue weighted by Crippen LogP contribution is 2.29. The van der Waals surface area contributed by atoms with Gasteiger partial charge in [0.15, 0.2) is 0 Å². The molecule has 1 aliphatic rings. The van der Waals surface area contributed by atoms with E-state index in [9.17, 15) is 4.79 Å². The van der Waals surface area contributed by atoms with E-state index in [2.05, 4.69) is 5.32 Å². The molecule has 0 atom stereocenters. The van der Waals surface area contributed by atoms with Crippen LogP contribution in [0.5, 0.6) is 0 Å². The van der Waals surface area contributed by atoms with Crippen LogP contribution in [-0.2, 0) is 11.3 Å². The van der Waals surface area contributed by atoms with E-state index in [-0.39, 0.29) is 5.91 Å². The van der Waals surface area contributed by atoms with E-state index in [0.29, 0.717) is 17.5 Å². The number of hydrogen-bond donors (Lipinski definition) is 1. The Bertz CT molecular complexity index is 571. The van der Waals surface area contributed by atoms with Crippen LogP contribution in [-0.4, -0.2) is 16.9 Å². The molecule has 3 nitrogen and oxygen atoms in total. The van der Waals surface area contributed by atoms with Crippen molar-refractivity contribution in [3.63, 3.8) is 0 Å². The van der Waals surface area contributed by atoms with Crippen LogP contribution in [0.15, 0.2) is 34.1 Å². The smallest absolute Gasteiger partial charge is 0.230 e. The minimum atomic E-state index is 0.0981. The maximum atomic E-state index is 11.8. The molecule has 21 heavy (non-hydrogen) atoms. The predicted octanol–water partition coefficient (Wildman–Crippen LogP) is 4.30. The van der Waals surface area contributed by atoms with Gasteiger partial charge in [-0.05, 0) is 36.4 Å². The molecule has 5 heteroatoms. The van der Waals surface area contributed by atoms with Crippen LogP contribution in [0.3, 0.4) is 0 Å². The van der Waals surface area contributed by atoms with Crippen molar-refractivity contribution in [2.45, 2.75) is 37.5 Å². The number of thioether (sulfide) groups is 1. The Labute approximate surface area is 133 Å². The molecule has 0 aliphatic heterocycles. The third-order valence-corrected chi connectivity index (χ3v) is 5.89. The standard InChI is InChI=1S/C16H19NO2S2/c18-16(11-21-13-4-1-2-5-13)17-10-12-7-8-14(19-12)15-6-3-9-20-15/h3,6-9,13H,1-2,4-5,10-11H2,(H,17,18). The second kappa shape index (κ2) is 7.18. The van der Waals surface area contributed by atoms with Gasteiger partial charge in [-0.1, -0.05) is 18.9 Å². The van der Waals surface area contributed by atoms with Crippen LogP contribution in [0, 0.1) is 0 Å². The Morgan fingerprint density at radius 2 is 2.19 bits per heavy atom. The number of rotatable bonds is 6. The van der Waals surface area contributed by atoms with Gasteiger partial charge in [-0.25, -0.2) is 0 Å². The van der Waals surface area contributed by atoms with Gasteiger partial charge in [-0.2, -0.15) is 0 Å². The molecule has 3 rings (SSSR count). The zero-order chi connectivity index (χ0) is 14.5. The highest BCUT2D eigenvalue weighted by molar-refractivity contribution is 8.00. The van der Waals surface area contributed by atoms with Crippen LogP contribution < -0.4 is 5.32 Å². The van der Waals surface area contributed by atoms with Crippen molar-refractivity contribution in [2.24, 2.45) is 0 Å². The molecule has 1 amide bonds. The van der Waals surface area contributed by atoms with Gasteiger partial charge in [-0.3, -0.25) is 4.79 Å². The summed E-state index contributed by atoms with van der Waals surface area (Å²) in [6.07, 6.45) is 5.16. The average Bonchev–Trinajstić information content (AvgIpc) is 3.24. The maximum Gasteiger partial charge on any atom is 0.230 e. The summed E-state index contributed by atoms with van der Waals surface area (Å²) in [5.41, 5.74) is 0. The molecule has 0 aromatic carbocycles. The minimum absolute atomic E-state index is 0.0981. The van der Waals surface area contributed by atoms with Gasteiger partial charge in [0.05, 0.1) is 17.2 Å². The zero-order valence-corrected chi connectivity index (χ0v) is 13.5. The number of amides is 1. The number of nitrogens with one attached hydrogen (secondary N) is 1. The van der Waals surface area contributed by atoms with Crippen LogP contribution in [0.4, 0.5) is 0 Å². The lowest BCUT2D eigenvalue weighted by Gasteiger charge is -2.08. The summed E-state index contributed by atoms with van der Waals surface area (Å²) in [6, 6.07) is 7.92. The first-order valence-electron chi connectivity index (χ1n) is 7.32. The molecular formula is C16H19NO2S2. The second-order valence-electron chi connectivity index (χ2n) is 5.24. The van der Waals surface area contributed by atoms with Crippen LogP contribution in [0.25, 0.3) is 10.6 Å². The molecule has 1 saturated carbocycles. The summed E-state index contributed by atoms with van der Waals surface area (Å²) in [4.78, 5) is 13.0. The van der Waals surface area contributed by atoms with Crippen molar-refractivity contribution in [1.82, 2.24) is 5.32 Å². The number of carbonyl (C=O) groups excluding carboxylic acids is 1. The highest BCUT2D eigenvalue weighted by atomic mass is 32.2. The molecule has 2 heterocycles. The van der Waals surface area contributed by atoms with Crippen molar-refractivity contribution in [2.75, 3.05) is 5.75 Å². The fourth-order valence-corrected chi connectivity index (χ4v) is 4.35. The average molecular weight is 321 g/mol. The van der Waals surface area contributed by atoms with E-state index < -0.39 is 0 Å². The summed E-state index contributed by atoms with van der Waals surface area (Å²) >= 11 is 3.44. The first-order chi connectivity index (χ1) is 10.3. The summed E-state index contributed by atoms with van der Waals surface area (Å²) in [5, 5.41) is 5.64. The van der Waals surface area contributed by atoms with Gasteiger partial charge in [0.1, 0.15) is 11.5 Å². The Morgan fingerprint density at radius 3 is 2.95 bits per heavy atom. The molecular weight excluding hydrogens is 302 g/mol. The lowest BCUT2D eigenvalue weighted by Crippen LogP contribution is -2.25. The van der Waals surface area contributed by atoms with Crippen molar-refractivity contribution in [3.8, 4) is 10.6 Å². The Kier molecular flexibility index (Phi) is 5.04. The SMILES string of the molecule is O=C(CSC1CCCC1)NCc1ccc(-c2cccs2)o1. The maximum absolute atomic E-state index is 11.8. The highest BCUT2D eigenvalue weighted by Gasteiger charge is 2.16. The van der Waals surface area contributed by atoms with Crippen molar-refractivity contribution in [1.29, 1.82) is 0 Å². The van der Waals surface area contributed by atoms with E-state index in [1.54, 1.807) is 23.1 Å². The Morgan fingerprint density at radius 1 is 1.33 bits per heavy atom. The van der Waals surface area contributed by atoms with E-state index in [4.69, 9.17) is 4.42 Å². The van der Waals surface area contributed by atoms with Crippen molar-refractivity contribution < 1.29 is 9.21 Å². The van der Waals surface area contributed by atoms with E-state index in [1.165, 1.54) is 25.7 Å². The Balaban J connectivity index is 1.43. The van der Waals surface area contributed by atoms with Crippen LogP contribution in [0.2, 0.25) is 0 Å². The lowest BCUT2D eigenvalue weighted by molar-refractivity contribution is -0.118. The number of carbonyl (C=O) groups is 1. The molecule has 1 fully saturated rings. The molecule has 1 N–H and O–H groups in total. The second-order valence-corrected chi connectivity index (χ2v) is 7.47. The first kappa shape index (κ1) is 14.7. The molecule has 112 valence electrons. The van der Waals surface area contributed by atoms with E-state index in [1.807, 2.05) is 29.6 Å². The summed E-state index contributed by atoms with van der Waals surface area (Å²) in [5.74, 6) is 2.33. The monoisotopic (exact) mass is 321 g/mol. The molecule has 0 radical (unpaired) electrons. The van der Waals surface area contributed by atoms with Crippen molar-refractivity contribution in [3.05, 3.63) is 35.4 Å². The Hall–Kier alpha value is -1.20. The molecule has 0 saturated heterocycles. The van der Waals surface area contributed by atoms with Crippen LogP contribution >= 0.6 is 23.1 Å². The van der Waals surface area contributed by atoms with Crippen LogP contribution in [0.1, 0.15) is 31.4 Å². The zero-order valence-electron chi connectivity index (χ0n) is 11.8.